The Kier molecular flexibility index (Phi) is 5.77. The van der Waals surface area contributed by atoms with Gasteiger partial charge >= 0.3 is 0 Å². The van der Waals surface area contributed by atoms with Crippen LogP contribution >= 0.6 is 23.4 Å². The minimum Gasteiger partial charge on any atom is -0.497 e. The maximum Gasteiger partial charge on any atom is 0.119 e. The van der Waals surface area contributed by atoms with Crippen LogP contribution in [0.4, 0.5) is 0 Å². The number of benzene rings is 2. The van der Waals surface area contributed by atoms with E-state index in [1.54, 1.807) is 18.9 Å². The lowest BCUT2D eigenvalue weighted by atomic mass is 10.1. The lowest BCUT2D eigenvalue weighted by molar-refractivity contribution is 0.413. The molecule has 0 heterocycles. The second-order valence-corrected chi connectivity index (χ2v) is 5.83. The number of nitrogens with one attached hydrogen (secondary N) is 1. The molecule has 1 N–H and O–H groups in total. The third-order valence-electron chi connectivity index (χ3n) is 3.09. The molecule has 0 spiro atoms. The predicted molar refractivity (Wildman–Crippen MR) is 87.0 cm³/mol. The standard InChI is InChI=1S/C16H18ClNOS/c1-18-15(12-6-5-7-13(10-12)19-2)11-20-16-9-4-3-8-14(16)17/h3-10,15,18H,11H2,1-2H3. The minimum atomic E-state index is 0.256. The van der Waals surface area contributed by atoms with Crippen LogP contribution in [-0.2, 0) is 0 Å². The van der Waals surface area contributed by atoms with E-state index >= 15 is 0 Å². The first-order valence-electron chi connectivity index (χ1n) is 6.43. The van der Waals surface area contributed by atoms with Gasteiger partial charge in [0, 0.05) is 16.7 Å². The van der Waals surface area contributed by atoms with E-state index in [9.17, 15) is 0 Å². The van der Waals surface area contributed by atoms with Crippen LogP contribution in [0.3, 0.4) is 0 Å². The van der Waals surface area contributed by atoms with Gasteiger partial charge in [-0.3, -0.25) is 0 Å². The molecule has 1 unspecified atom stereocenters. The van der Waals surface area contributed by atoms with Crippen molar-refractivity contribution in [2.75, 3.05) is 19.9 Å². The van der Waals surface area contributed by atoms with Gasteiger partial charge in [-0.05, 0) is 36.9 Å². The van der Waals surface area contributed by atoms with E-state index in [0.29, 0.717) is 0 Å². The lowest BCUT2D eigenvalue weighted by Crippen LogP contribution is -2.18. The first-order chi connectivity index (χ1) is 9.74. The summed E-state index contributed by atoms with van der Waals surface area (Å²) in [6.07, 6.45) is 0. The van der Waals surface area contributed by atoms with Gasteiger partial charge in [0.1, 0.15) is 5.75 Å². The van der Waals surface area contributed by atoms with Crippen molar-refractivity contribution in [3.05, 3.63) is 59.1 Å². The average molecular weight is 308 g/mol. The van der Waals surface area contributed by atoms with Crippen molar-refractivity contribution in [1.82, 2.24) is 5.32 Å². The number of halogens is 1. The molecular weight excluding hydrogens is 290 g/mol. The van der Waals surface area contributed by atoms with E-state index < -0.39 is 0 Å². The molecule has 0 radical (unpaired) electrons. The summed E-state index contributed by atoms with van der Waals surface area (Å²) in [4.78, 5) is 1.11. The van der Waals surface area contributed by atoms with E-state index in [2.05, 4.69) is 17.4 Å². The quantitative estimate of drug-likeness (QED) is 0.799. The molecule has 2 aromatic carbocycles. The summed E-state index contributed by atoms with van der Waals surface area (Å²) in [5.74, 6) is 1.79. The third-order valence-corrected chi connectivity index (χ3v) is 4.70. The van der Waals surface area contributed by atoms with Gasteiger partial charge in [0.15, 0.2) is 0 Å². The Labute approximate surface area is 129 Å². The Morgan fingerprint density at radius 2 is 2.00 bits per heavy atom. The van der Waals surface area contributed by atoms with Crippen LogP contribution in [-0.4, -0.2) is 19.9 Å². The molecule has 20 heavy (non-hydrogen) atoms. The van der Waals surface area contributed by atoms with E-state index in [4.69, 9.17) is 16.3 Å². The lowest BCUT2D eigenvalue weighted by Gasteiger charge is -2.17. The van der Waals surface area contributed by atoms with Crippen LogP contribution in [0.2, 0.25) is 5.02 Å². The summed E-state index contributed by atoms with van der Waals surface area (Å²) in [5.41, 5.74) is 1.21. The molecule has 0 amide bonds. The topological polar surface area (TPSA) is 21.3 Å². The van der Waals surface area contributed by atoms with Crippen molar-refractivity contribution in [1.29, 1.82) is 0 Å². The fraction of sp³-hybridized carbons (Fsp3) is 0.250. The summed E-state index contributed by atoms with van der Waals surface area (Å²) in [5, 5.41) is 4.14. The van der Waals surface area contributed by atoms with Crippen molar-refractivity contribution in [2.24, 2.45) is 0 Å². The van der Waals surface area contributed by atoms with Gasteiger partial charge in [0.25, 0.3) is 0 Å². The van der Waals surface area contributed by atoms with E-state index in [1.807, 2.05) is 43.4 Å². The second kappa shape index (κ2) is 7.58. The summed E-state index contributed by atoms with van der Waals surface area (Å²) in [7, 11) is 3.66. The Hall–Kier alpha value is -1.16. The number of methoxy groups -OCH3 is 1. The maximum atomic E-state index is 6.18. The number of rotatable bonds is 6. The van der Waals surface area contributed by atoms with Crippen molar-refractivity contribution in [3.63, 3.8) is 0 Å². The first-order valence-corrected chi connectivity index (χ1v) is 7.79. The average Bonchev–Trinajstić information content (AvgIpc) is 2.50. The van der Waals surface area contributed by atoms with Crippen LogP contribution in [0.5, 0.6) is 5.75 Å². The summed E-state index contributed by atoms with van der Waals surface area (Å²) in [6.45, 7) is 0. The van der Waals surface area contributed by atoms with Gasteiger partial charge in [0.2, 0.25) is 0 Å². The molecule has 0 fully saturated rings. The predicted octanol–water partition coefficient (Wildman–Crippen LogP) is 4.40. The van der Waals surface area contributed by atoms with Crippen LogP contribution in [0, 0.1) is 0 Å². The zero-order chi connectivity index (χ0) is 14.4. The Balaban J connectivity index is 2.07. The molecule has 1 atom stereocenters. The highest BCUT2D eigenvalue weighted by Gasteiger charge is 2.11. The third kappa shape index (κ3) is 3.92. The molecule has 0 aliphatic rings. The molecule has 0 saturated heterocycles. The molecule has 2 rings (SSSR count). The van der Waals surface area contributed by atoms with Gasteiger partial charge in [-0.25, -0.2) is 0 Å². The molecule has 2 nitrogen and oxygen atoms in total. The summed E-state index contributed by atoms with van der Waals surface area (Å²) in [6, 6.07) is 16.3. The molecular formula is C16H18ClNOS. The van der Waals surface area contributed by atoms with Gasteiger partial charge in [-0.15, -0.1) is 11.8 Å². The number of ether oxygens (including phenoxy) is 1. The normalized spacial score (nSPS) is 12.2. The highest BCUT2D eigenvalue weighted by atomic mass is 35.5. The van der Waals surface area contributed by atoms with Crippen LogP contribution < -0.4 is 10.1 Å². The molecule has 0 bridgehead atoms. The van der Waals surface area contributed by atoms with E-state index in [-0.39, 0.29) is 6.04 Å². The van der Waals surface area contributed by atoms with Crippen molar-refractivity contribution in [2.45, 2.75) is 10.9 Å². The monoisotopic (exact) mass is 307 g/mol. The molecule has 0 aromatic heterocycles. The largest absolute Gasteiger partial charge is 0.497 e. The number of thioether (sulfide) groups is 1. The van der Waals surface area contributed by atoms with Gasteiger partial charge < -0.3 is 10.1 Å². The molecule has 2 aromatic rings. The van der Waals surface area contributed by atoms with Crippen LogP contribution in [0.1, 0.15) is 11.6 Å². The number of hydrogen-bond acceptors (Lipinski definition) is 3. The van der Waals surface area contributed by atoms with Gasteiger partial charge in [-0.1, -0.05) is 35.9 Å². The zero-order valence-electron chi connectivity index (χ0n) is 11.6. The van der Waals surface area contributed by atoms with E-state index in [1.165, 1.54) is 5.56 Å². The smallest absolute Gasteiger partial charge is 0.119 e. The van der Waals surface area contributed by atoms with Crippen molar-refractivity contribution < 1.29 is 4.74 Å². The summed E-state index contributed by atoms with van der Waals surface area (Å²) < 4.78 is 5.28. The summed E-state index contributed by atoms with van der Waals surface area (Å²) >= 11 is 7.94. The molecule has 0 aliphatic heterocycles. The first kappa shape index (κ1) is 15.2. The highest BCUT2D eigenvalue weighted by Crippen LogP contribution is 2.30. The SMILES string of the molecule is CNC(CSc1ccccc1Cl)c1cccc(OC)c1. The zero-order valence-corrected chi connectivity index (χ0v) is 13.2. The Morgan fingerprint density at radius 1 is 1.20 bits per heavy atom. The Morgan fingerprint density at radius 3 is 2.70 bits per heavy atom. The van der Waals surface area contributed by atoms with Gasteiger partial charge in [0.05, 0.1) is 12.1 Å². The van der Waals surface area contributed by atoms with Crippen LogP contribution in [0.25, 0.3) is 0 Å². The highest BCUT2D eigenvalue weighted by molar-refractivity contribution is 7.99. The maximum absolute atomic E-state index is 6.18. The fourth-order valence-electron chi connectivity index (χ4n) is 1.94. The van der Waals surface area contributed by atoms with Crippen LogP contribution in [0.15, 0.2) is 53.4 Å². The Bertz CT molecular complexity index is 562. The van der Waals surface area contributed by atoms with Crippen molar-refractivity contribution >= 4 is 23.4 Å². The fourth-order valence-corrected chi connectivity index (χ4v) is 3.32. The van der Waals surface area contributed by atoms with Crippen molar-refractivity contribution in [3.8, 4) is 5.75 Å². The second-order valence-electron chi connectivity index (χ2n) is 4.36. The molecule has 0 saturated carbocycles. The van der Waals surface area contributed by atoms with E-state index in [0.717, 1.165) is 21.4 Å². The molecule has 0 aliphatic carbocycles. The van der Waals surface area contributed by atoms with Gasteiger partial charge in [-0.2, -0.15) is 0 Å². The molecule has 106 valence electrons. The molecule has 4 heteroatoms. The minimum absolute atomic E-state index is 0.256. The number of hydrogen-bond donors (Lipinski definition) is 1.